The fourth-order valence-corrected chi connectivity index (χ4v) is 1.36. The van der Waals surface area contributed by atoms with Crippen molar-refractivity contribution in [2.24, 2.45) is 0 Å². The Labute approximate surface area is 99.6 Å². The Hall–Kier alpha value is -2.04. The molecule has 1 N–H and O–H groups in total. The number of amides is 1. The van der Waals surface area contributed by atoms with Crippen LogP contribution in [0, 0.1) is 0 Å². The molecule has 0 radical (unpaired) electrons. The molecule has 5 heteroatoms. The van der Waals surface area contributed by atoms with E-state index < -0.39 is 5.97 Å². The topological polar surface area (TPSA) is 66.8 Å². The molecule has 1 amide bonds. The monoisotopic (exact) mass is 237 g/mol. The van der Waals surface area contributed by atoms with E-state index in [0.29, 0.717) is 18.7 Å². The predicted molar refractivity (Wildman–Crippen MR) is 63.3 cm³/mol. The highest BCUT2D eigenvalue weighted by molar-refractivity contribution is 5.77. The first kappa shape index (κ1) is 13.0. The van der Waals surface area contributed by atoms with E-state index in [9.17, 15) is 9.59 Å². The molecular weight excluding hydrogens is 222 g/mol. The van der Waals surface area contributed by atoms with Crippen molar-refractivity contribution in [2.45, 2.75) is 13.3 Å². The molecule has 0 aliphatic rings. The van der Waals surface area contributed by atoms with Crippen LogP contribution in [0.4, 0.5) is 5.69 Å². The number of benzene rings is 1. The molecule has 1 aromatic rings. The molecule has 0 bridgehead atoms. The van der Waals surface area contributed by atoms with Gasteiger partial charge in [0.25, 0.3) is 0 Å². The van der Waals surface area contributed by atoms with Crippen molar-refractivity contribution in [3.63, 3.8) is 0 Å². The molecule has 0 saturated heterocycles. The van der Waals surface area contributed by atoms with E-state index in [-0.39, 0.29) is 13.0 Å². The zero-order chi connectivity index (χ0) is 12.7. The van der Waals surface area contributed by atoms with Crippen molar-refractivity contribution in [1.82, 2.24) is 0 Å². The van der Waals surface area contributed by atoms with Gasteiger partial charge in [-0.05, 0) is 31.2 Å². The average molecular weight is 237 g/mol. The first-order valence-corrected chi connectivity index (χ1v) is 5.34. The van der Waals surface area contributed by atoms with E-state index >= 15 is 0 Å². The maximum Gasteiger partial charge on any atom is 0.305 e. The highest BCUT2D eigenvalue weighted by atomic mass is 16.5. The lowest BCUT2D eigenvalue weighted by atomic mass is 10.2. The minimum atomic E-state index is -0.928. The molecule has 92 valence electrons. The summed E-state index contributed by atoms with van der Waals surface area (Å²) < 4.78 is 5.27. The molecule has 17 heavy (non-hydrogen) atoms. The number of nitrogens with zero attached hydrogens (tertiary/aromatic N) is 1. The van der Waals surface area contributed by atoms with Gasteiger partial charge in [0.1, 0.15) is 5.75 Å². The van der Waals surface area contributed by atoms with Crippen LogP contribution in [0.5, 0.6) is 5.75 Å². The summed E-state index contributed by atoms with van der Waals surface area (Å²) in [5.74, 6) is -0.205. The third-order valence-electron chi connectivity index (χ3n) is 2.17. The number of carboxylic acids is 1. The molecule has 0 aliphatic carbocycles. The molecular formula is C12H15NO4. The Morgan fingerprint density at radius 1 is 1.41 bits per heavy atom. The molecule has 0 spiro atoms. The number of ether oxygens (including phenoxy) is 1. The van der Waals surface area contributed by atoms with Gasteiger partial charge in [-0.15, -0.1) is 0 Å². The first-order valence-electron chi connectivity index (χ1n) is 5.34. The minimum Gasteiger partial charge on any atom is -0.494 e. The smallest absolute Gasteiger partial charge is 0.305 e. The molecule has 0 aliphatic heterocycles. The number of hydrogen-bond donors (Lipinski definition) is 1. The van der Waals surface area contributed by atoms with Gasteiger partial charge in [-0.1, -0.05) is 0 Å². The van der Waals surface area contributed by atoms with E-state index in [1.165, 1.54) is 4.90 Å². The van der Waals surface area contributed by atoms with Crippen molar-refractivity contribution in [1.29, 1.82) is 0 Å². The fourth-order valence-electron chi connectivity index (χ4n) is 1.36. The van der Waals surface area contributed by atoms with Crippen molar-refractivity contribution in [3.8, 4) is 5.75 Å². The summed E-state index contributed by atoms with van der Waals surface area (Å²) in [7, 11) is 0. The average Bonchev–Trinajstić information content (AvgIpc) is 2.32. The molecule has 5 nitrogen and oxygen atoms in total. The highest BCUT2D eigenvalue weighted by Crippen LogP contribution is 2.18. The quantitative estimate of drug-likeness (QED) is 0.730. The van der Waals surface area contributed by atoms with Crippen LogP contribution >= 0.6 is 0 Å². The number of anilines is 1. The number of aliphatic carboxylic acids is 1. The first-order chi connectivity index (χ1) is 8.17. The number of hydrogen-bond acceptors (Lipinski definition) is 3. The van der Waals surface area contributed by atoms with E-state index in [0.717, 1.165) is 5.75 Å². The summed E-state index contributed by atoms with van der Waals surface area (Å²) in [6, 6.07) is 6.94. The predicted octanol–water partition coefficient (Wildman–Crippen LogP) is 1.52. The third kappa shape index (κ3) is 4.14. The van der Waals surface area contributed by atoms with Gasteiger partial charge in [0, 0.05) is 12.2 Å². The van der Waals surface area contributed by atoms with Crippen LogP contribution < -0.4 is 9.64 Å². The van der Waals surface area contributed by atoms with E-state index in [1.54, 1.807) is 24.3 Å². The second-order valence-electron chi connectivity index (χ2n) is 3.37. The second kappa shape index (κ2) is 6.52. The van der Waals surface area contributed by atoms with Crippen LogP contribution in [-0.4, -0.2) is 30.6 Å². The number of carbonyl (C=O) groups excluding carboxylic acids is 1. The molecule has 0 fully saturated rings. The molecule has 0 unspecified atom stereocenters. The van der Waals surface area contributed by atoms with E-state index in [1.807, 2.05) is 6.92 Å². The number of carboxylic acid groups (broad SMARTS) is 1. The van der Waals surface area contributed by atoms with Gasteiger partial charge in [-0.3, -0.25) is 9.59 Å². The maximum atomic E-state index is 10.8. The van der Waals surface area contributed by atoms with Crippen LogP contribution in [-0.2, 0) is 9.59 Å². The Balaban J connectivity index is 2.68. The summed E-state index contributed by atoms with van der Waals surface area (Å²) in [4.78, 5) is 22.6. The lowest BCUT2D eigenvalue weighted by Crippen LogP contribution is -2.24. The van der Waals surface area contributed by atoms with Gasteiger partial charge in [0.05, 0.1) is 13.0 Å². The van der Waals surface area contributed by atoms with Gasteiger partial charge in [-0.25, -0.2) is 0 Å². The normalized spacial score (nSPS) is 9.71. The molecule has 1 aromatic carbocycles. The summed E-state index contributed by atoms with van der Waals surface area (Å²) >= 11 is 0. The van der Waals surface area contributed by atoms with E-state index in [2.05, 4.69) is 0 Å². The summed E-state index contributed by atoms with van der Waals surface area (Å²) in [6.07, 6.45) is 0.546. The van der Waals surface area contributed by atoms with Crippen LogP contribution in [0.15, 0.2) is 24.3 Å². The standard InChI is InChI=1S/C12H15NO4/c1-2-17-11-5-3-10(4-6-11)13(9-14)8-7-12(15)16/h3-6,9H,2,7-8H2,1H3,(H,15,16). The van der Waals surface area contributed by atoms with Crippen molar-refractivity contribution < 1.29 is 19.4 Å². The molecule has 0 heterocycles. The van der Waals surface area contributed by atoms with Crippen LogP contribution in [0.25, 0.3) is 0 Å². The van der Waals surface area contributed by atoms with Crippen molar-refractivity contribution >= 4 is 18.1 Å². The highest BCUT2D eigenvalue weighted by Gasteiger charge is 2.07. The van der Waals surface area contributed by atoms with Crippen molar-refractivity contribution in [3.05, 3.63) is 24.3 Å². The van der Waals surface area contributed by atoms with Gasteiger partial charge in [0.15, 0.2) is 0 Å². The Morgan fingerprint density at radius 3 is 2.53 bits per heavy atom. The zero-order valence-electron chi connectivity index (χ0n) is 9.63. The van der Waals surface area contributed by atoms with Crippen molar-refractivity contribution in [2.75, 3.05) is 18.1 Å². The molecule has 0 saturated carbocycles. The fraction of sp³-hybridized carbons (Fsp3) is 0.333. The largest absolute Gasteiger partial charge is 0.494 e. The van der Waals surface area contributed by atoms with Gasteiger partial charge in [-0.2, -0.15) is 0 Å². The summed E-state index contributed by atoms with van der Waals surface area (Å²) in [5.41, 5.74) is 0.657. The third-order valence-corrected chi connectivity index (χ3v) is 2.17. The second-order valence-corrected chi connectivity index (χ2v) is 3.37. The van der Waals surface area contributed by atoms with Gasteiger partial charge < -0.3 is 14.7 Å². The van der Waals surface area contributed by atoms with Crippen LogP contribution in [0.1, 0.15) is 13.3 Å². The zero-order valence-corrected chi connectivity index (χ0v) is 9.63. The van der Waals surface area contributed by atoms with Gasteiger partial charge in [0.2, 0.25) is 6.41 Å². The maximum absolute atomic E-state index is 10.8. The van der Waals surface area contributed by atoms with Gasteiger partial charge >= 0.3 is 5.97 Å². The SMILES string of the molecule is CCOc1ccc(N(C=O)CCC(=O)O)cc1. The molecule has 0 aromatic heterocycles. The Morgan fingerprint density at radius 2 is 2.06 bits per heavy atom. The molecule has 0 atom stereocenters. The Kier molecular flexibility index (Phi) is 5.00. The van der Waals surface area contributed by atoms with Crippen LogP contribution in [0.2, 0.25) is 0 Å². The number of rotatable bonds is 7. The number of carbonyl (C=O) groups is 2. The summed E-state index contributed by atoms with van der Waals surface area (Å²) in [6.45, 7) is 2.63. The lowest BCUT2D eigenvalue weighted by molar-refractivity contribution is -0.136. The molecule has 1 rings (SSSR count). The lowest BCUT2D eigenvalue weighted by Gasteiger charge is -2.16. The van der Waals surface area contributed by atoms with Crippen LogP contribution in [0.3, 0.4) is 0 Å². The Bertz CT molecular complexity index is 375. The summed E-state index contributed by atoms with van der Waals surface area (Å²) in [5, 5.41) is 8.56. The van der Waals surface area contributed by atoms with E-state index in [4.69, 9.17) is 9.84 Å². The minimum absolute atomic E-state index is 0.0774.